The van der Waals surface area contributed by atoms with Crippen LogP contribution in [-0.2, 0) is 4.79 Å². The maximum Gasteiger partial charge on any atom is 0.323 e. The quantitative estimate of drug-likeness (QED) is 0.921. The van der Waals surface area contributed by atoms with E-state index in [9.17, 15) is 9.59 Å². The molecule has 106 valence electrons. The number of aromatic nitrogens is 1. The lowest BCUT2D eigenvalue weighted by atomic mass is 10.2. The first-order valence-electron chi connectivity index (χ1n) is 6.24. The third-order valence-electron chi connectivity index (χ3n) is 2.91. The van der Waals surface area contributed by atoms with Crippen LogP contribution in [0.2, 0.25) is 0 Å². The van der Waals surface area contributed by atoms with Gasteiger partial charge in [0.15, 0.2) is 0 Å². The number of rotatable bonds is 5. The molecule has 0 bridgehead atoms. The molecule has 2 heterocycles. The van der Waals surface area contributed by atoms with Crippen LogP contribution >= 0.6 is 11.3 Å². The molecular weight excluding hydrogens is 276 g/mol. The molecule has 0 saturated heterocycles. The average molecular weight is 292 g/mol. The second-order valence-corrected chi connectivity index (χ2v) is 5.56. The Bertz CT molecular complexity index is 602. The number of amides is 1. The van der Waals surface area contributed by atoms with Crippen molar-refractivity contribution in [2.24, 2.45) is 0 Å². The van der Waals surface area contributed by atoms with E-state index < -0.39 is 5.97 Å². The summed E-state index contributed by atoms with van der Waals surface area (Å²) in [4.78, 5) is 25.4. The predicted molar refractivity (Wildman–Crippen MR) is 77.5 cm³/mol. The molecule has 0 aliphatic rings. The van der Waals surface area contributed by atoms with Gasteiger partial charge in [-0.25, -0.2) is 0 Å². The molecule has 0 aliphatic carbocycles. The highest BCUT2D eigenvalue weighted by Crippen LogP contribution is 2.23. The summed E-state index contributed by atoms with van der Waals surface area (Å²) in [5.74, 6) is -1.26. The van der Waals surface area contributed by atoms with Gasteiger partial charge in [-0.3, -0.25) is 9.59 Å². The van der Waals surface area contributed by atoms with Crippen molar-refractivity contribution < 1.29 is 14.7 Å². The lowest BCUT2D eigenvalue weighted by Gasteiger charge is -2.24. The Morgan fingerprint density at radius 2 is 2.00 bits per heavy atom. The molecule has 0 atom stereocenters. The van der Waals surface area contributed by atoms with Crippen molar-refractivity contribution in [2.75, 3.05) is 6.54 Å². The Morgan fingerprint density at radius 1 is 1.35 bits per heavy atom. The molecule has 2 aromatic rings. The van der Waals surface area contributed by atoms with Crippen LogP contribution < -0.4 is 0 Å². The lowest BCUT2D eigenvalue weighted by molar-refractivity contribution is -0.138. The zero-order valence-electron chi connectivity index (χ0n) is 11.3. The number of hydrogen-bond acceptors (Lipinski definition) is 3. The summed E-state index contributed by atoms with van der Waals surface area (Å²) in [5, 5.41) is 10.8. The Morgan fingerprint density at radius 3 is 2.55 bits per heavy atom. The van der Waals surface area contributed by atoms with Crippen molar-refractivity contribution in [2.45, 2.75) is 19.9 Å². The van der Waals surface area contributed by atoms with E-state index in [-0.39, 0.29) is 18.5 Å². The molecule has 0 aliphatic heterocycles. The van der Waals surface area contributed by atoms with Gasteiger partial charge in [0.1, 0.15) is 11.4 Å². The van der Waals surface area contributed by atoms with Crippen molar-refractivity contribution in [3.8, 4) is 5.69 Å². The molecule has 5 nitrogen and oxygen atoms in total. The summed E-state index contributed by atoms with van der Waals surface area (Å²) in [6.45, 7) is 3.33. The van der Waals surface area contributed by atoms with Gasteiger partial charge >= 0.3 is 5.97 Å². The molecule has 0 radical (unpaired) electrons. The second kappa shape index (κ2) is 5.92. The summed E-state index contributed by atoms with van der Waals surface area (Å²) in [5.41, 5.74) is 0.779. The number of hydrogen-bond donors (Lipinski definition) is 1. The Labute approximate surface area is 121 Å². The number of carbonyl (C=O) groups is 2. The largest absolute Gasteiger partial charge is 0.480 e. The Hall–Kier alpha value is -2.08. The number of nitrogens with zero attached hydrogens (tertiary/aromatic N) is 2. The van der Waals surface area contributed by atoms with Gasteiger partial charge in [0.05, 0.1) is 5.69 Å². The van der Waals surface area contributed by atoms with Crippen molar-refractivity contribution >= 4 is 23.2 Å². The van der Waals surface area contributed by atoms with E-state index in [0.29, 0.717) is 4.88 Å². The SMILES string of the molecule is CC(C)N(CC(=O)O)C(=O)c1sccc1-n1cccc1. The Kier molecular flexibility index (Phi) is 4.24. The molecule has 20 heavy (non-hydrogen) atoms. The molecule has 6 heteroatoms. The fraction of sp³-hybridized carbons (Fsp3) is 0.286. The smallest absolute Gasteiger partial charge is 0.323 e. The molecule has 0 aromatic carbocycles. The first-order valence-corrected chi connectivity index (χ1v) is 7.12. The van der Waals surface area contributed by atoms with Crippen LogP contribution in [0.25, 0.3) is 5.69 Å². The number of thiophene rings is 1. The molecule has 1 amide bonds. The van der Waals surface area contributed by atoms with E-state index >= 15 is 0 Å². The first kappa shape index (κ1) is 14.3. The third kappa shape index (κ3) is 2.91. The summed E-state index contributed by atoms with van der Waals surface area (Å²) < 4.78 is 1.85. The van der Waals surface area contributed by atoms with E-state index in [4.69, 9.17) is 5.11 Å². The molecule has 0 fully saturated rings. The third-order valence-corrected chi connectivity index (χ3v) is 3.80. The van der Waals surface area contributed by atoms with Crippen LogP contribution in [-0.4, -0.2) is 39.0 Å². The molecule has 0 spiro atoms. The first-order chi connectivity index (χ1) is 9.50. The minimum Gasteiger partial charge on any atom is -0.480 e. The van der Waals surface area contributed by atoms with Gasteiger partial charge in [-0.05, 0) is 37.4 Å². The van der Waals surface area contributed by atoms with Crippen LogP contribution in [0.5, 0.6) is 0 Å². The number of aliphatic carboxylic acids is 1. The van der Waals surface area contributed by atoms with Crippen LogP contribution in [0.3, 0.4) is 0 Å². The number of carbonyl (C=O) groups excluding carboxylic acids is 1. The average Bonchev–Trinajstić information content (AvgIpc) is 3.03. The van der Waals surface area contributed by atoms with Crippen LogP contribution in [0.1, 0.15) is 23.5 Å². The van der Waals surface area contributed by atoms with Gasteiger partial charge in [-0.2, -0.15) is 0 Å². The topological polar surface area (TPSA) is 62.5 Å². The van der Waals surface area contributed by atoms with Crippen LogP contribution in [0, 0.1) is 0 Å². The number of carboxylic acid groups (broad SMARTS) is 1. The predicted octanol–water partition coefficient (Wildman–Crippen LogP) is 2.47. The van der Waals surface area contributed by atoms with Crippen molar-refractivity contribution in [3.63, 3.8) is 0 Å². The zero-order valence-corrected chi connectivity index (χ0v) is 12.1. The molecule has 2 rings (SSSR count). The van der Waals surface area contributed by atoms with Gasteiger partial charge < -0.3 is 14.6 Å². The zero-order chi connectivity index (χ0) is 14.7. The standard InChI is InChI=1S/C14H16N2O3S/c1-10(2)16(9-12(17)18)14(19)13-11(5-8-20-13)15-6-3-4-7-15/h3-8,10H,9H2,1-2H3,(H,17,18). The molecule has 2 aromatic heterocycles. The molecule has 0 unspecified atom stereocenters. The minimum absolute atomic E-state index is 0.168. The Balaban J connectivity index is 2.33. The fourth-order valence-electron chi connectivity index (χ4n) is 1.93. The second-order valence-electron chi connectivity index (χ2n) is 4.65. The summed E-state index contributed by atoms with van der Waals surface area (Å²) in [6, 6.07) is 5.45. The summed E-state index contributed by atoms with van der Waals surface area (Å²) in [7, 11) is 0. The fourth-order valence-corrected chi connectivity index (χ4v) is 2.77. The normalized spacial score (nSPS) is 10.8. The van der Waals surface area contributed by atoms with Gasteiger partial charge in [-0.15, -0.1) is 11.3 Å². The molecule has 0 saturated carbocycles. The maximum atomic E-state index is 12.6. The van der Waals surface area contributed by atoms with Crippen molar-refractivity contribution in [3.05, 3.63) is 40.8 Å². The van der Waals surface area contributed by atoms with E-state index in [0.717, 1.165) is 5.69 Å². The van der Waals surface area contributed by atoms with Crippen molar-refractivity contribution in [1.29, 1.82) is 0 Å². The van der Waals surface area contributed by atoms with Crippen LogP contribution in [0.15, 0.2) is 36.0 Å². The van der Waals surface area contributed by atoms with Crippen molar-refractivity contribution in [1.82, 2.24) is 9.47 Å². The highest BCUT2D eigenvalue weighted by molar-refractivity contribution is 7.12. The molecule has 1 N–H and O–H groups in total. The highest BCUT2D eigenvalue weighted by atomic mass is 32.1. The van der Waals surface area contributed by atoms with E-state index in [1.54, 1.807) is 0 Å². The van der Waals surface area contributed by atoms with E-state index in [2.05, 4.69) is 0 Å². The van der Waals surface area contributed by atoms with E-state index in [1.165, 1.54) is 16.2 Å². The van der Waals surface area contributed by atoms with Gasteiger partial charge in [0.25, 0.3) is 5.91 Å². The van der Waals surface area contributed by atoms with Crippen LogP contribution in [0.4, 0.5) is 0 Å². The highest BCUT2D eigenvalue weighted by Gasteiger charge is 2.24. The van der Waals surface area contributed by atoms with Gasteiger partial charge in [-0.1, -0.05) is 0 Å². The minimum atomic E-state index is -1.01. The van der Waals surface area contributed by atoms with E-state index in [1.807, 2.05) is 54.4 Å². The summed E-state index contributed by atoms with van der Waals surface area (Å²) >= 11 is 1.32. The summed E-state index contributed by atoms with van der Waals surface area (Å²) in [6.07, 6.45) is 3.71. The monoisotopic (exact) mass is 292 g/mol. The maximum absolute atomic E-state index is 12.6. The molecular formula is C14H16N2O3S. The lowest BCUT2D eigenvalue weighted by Crippen LogP contribution is -2.40. The number of carboxylic acids is 1. The van der Waals surface area contributed by atoms with Gasteiger partial charge in [0, 0.05) is 18.4 Å². The van der Waals surface area contributed by atoms with Gasteiger partial charge in [0.2, 0.25) is 0 Å².